The molecule has 0 aliphatic carbocycles. The smallest absolute Gasteiger partial charge is 0.228 e. The molecule has 2 aliphatic rings. The number of carbonyl (C=O) groups excluding carboxylic acids is 1. The molecule has 0 spiro atoms. The maximum Gasteiger partial charge on any atom is 0.228 e. The highest BCUT2D eigenvalue weighted by atomic mass is 16.5. The summed E-state index contributed by atoms with van der Waals surface area (Å²) in [5, 5.41) is 3.16. The maximum atomic E-state index is 12.1. The summed E-state index contributed by atoms with van der Waals surface area (Å²) in [6.45, 7) is 4.25. The van der Waals surface area contributed by atoms with Gasteiger partial charge in [-0.25, -0.2) is 0 Å². The lowest BCUT2D eigenvalue weighted by Crippen LogP contribution is -2.53. The molecule has 2 fully saturated rings. The highest BCUT2D eigenvalue weighted by Crippen LogP contribution is 2.21. The van der Waals surface area contributed by atoms with Gasteiger partial charge in [0.1, 0.15) is 5.75 Å². The van der Waals surface area contributed by atoms with Crippen molar-refractivity contribution < 1.29 is 9.53 Å². The number of nitrogens with zero attached hydrogens (tertiary/aromatic N) is 1. The Hall–Kier alpha value is -1.55. The van der Waals surface area contributed by atoms with Crippen molar-refractivity contribution in [2.45, 2.75) is 12.8 Å². The number of hydrogen-bond acceptors (Lipinski definition) is 3. The van der Waals surface area contributed by atoms with E-state index in [-0.39, 0.29) is 5.92 Å². The summed E-state index contributed by atoms with van der Waals surface area (Å²) >= 11 is 0. The molecular formula is C16H22N2O2. The number of para-hydroxylation sites is 1. The summed E-state index contributed by atoms with van der Waals surface area (Å²) in [5.41, 5.74) is 0. The quantitative estimate of drug-likeness (QED) is 0.905. The zero-order chi connectivity index (χ0) is 13.8. The molecule has 4 heteroatoms. The van der Waals surface area contributed by atoms with Crippen LogP contribution in [0, 0.1) is 11.8 Å². The summed E-state index contributed by atoms with van der Waals surface area (Å²) < 4.78 is 5.81. The van der Waals surface area contributed by atoms with Gasteiger partial charge in [0.05, 0.1) is 12.5 Å². The van der Waals surface area contributed by atoms with Crippen LogP contribution in [0.5, 0.6) is 5.75 Å². The molecule has 3 rings (SSSR count). The van der Waals surface area contributed by atoms with Gasteiger partial charge in [-0.2, -0.15) is 0 Å². The van der Waals surface area contributed by atoms with E-state index >= 15 is 0 Å². The topological polar surface area (TPSA) is 41.6 Å². The van der Waals surface area contributed by atoms with Crippen LogP contribution in [0.3, 0.4) is 0 Å². The van der Waals surface area contributed by atoms with Gasteiger partial charge < -0.3 is 15.0 Å². The molecule has 1 N–H and O–H groups in total. The minimum absolute atomic E-state index is 0.229. The zero-order valence-electron chi connectivity index (χ0n) is 11.8. The van der Waals surface area contributed by atoms with E-state index in [0.717, 1.165) is 51.4 Å². The summed E-state index contributed by atoms with van der Waals surface area (Å²) in [4.78, 5) is 14.2. The van der Waals surface area contributed by atoms with Crippen molar-refractivity contribution in [1.82, 2.24) is 10.2 Å². The van der Waals surface area contributed by atoms with E-state index in [1.807, 2.05) is 35.2 Å². The molecule has 0 bridgehead atoms. The predicted molar refractivity (Wildman–Crippen MR) is 77.6 cm³/mol. The normalized spacial score (nSPS) is 20.5. The molecule has 2 aliphatic heterocycles. The van der Waals surface area contributed by atoms with Crippen LogP contribution >= 0.6 is 0 Å². The number of likely N-dealkylation sites (tertiary alicyclic amines) is 1. The van der Waals surface area contributed by atoms with Crippen molar-refractivity contribution >= 4 is 5.91 Å². The van der Waals surface area contributed by atoms with Gasteiger partial charge in [0.15, 0.2) is 0 Å². The van der Waals surface area contributed by atoms with Crippen LogP contribution in [0.25, 0.3) is 0 Å². The van der Waals surface area contributed by atoms with Crippen molar-refractivity contribution in [2.24, 2.45) is 11.8 Å². The van der Waals surface area contributed by atoms with E-state index in [1.165, 1.54) is 0 Å². The van der Waals surface area contributed by atoms with Crippen LogP contribution < -0.4 is 10.1 Å². The molecule has 1 amide bonds. The Balaban J connectivity index is 1.41. The average molecular weight is 274 g/mol. The third kappa shape index (κ3) is 3.12. The number of carbonyl (C=O) groups is 1. The third-order valence-corrected chi connectivity index (χ3v) is 4.29. The van der Waals surface area contributed by atoms with Crippen LogP contribution in [0.2, 0.25) is 0 Å². The number of nitrogens with one attached hydrogen (secondary N) is 1. The van der Waals surface area contributed by atoms with E-state index in [9.17, 15) is 4.79 Å². The van der Waals surface area contributed by atoms with Gasteiger partial charge >= 0.3 is 0 Å². The van der Waals surface area contributed by atoms with Crippen molar-refractivity contribution in [2.75, 3.05) is 32.8 Å². The monoisotopic (exact) mass is 274 g/mol. The van der Waals surface area contributed by atoms with Crippen molar-refractivity contribution in [3.8, 4) is 5.75 Å². The second-order valence-corrected chi connectivity index (χ2v) is 5.75. The first-order chi connectivity index (χ1) is 9.83. The Morgan fingerprint density at radius 1 is 1.20 bits per heavy atom. The molecule has 20 heavy (non-hydrogen) atoms. The summed E-state index contributed by atoms with van der Waals surface area (Å²) in [6.07, 6.45) is 2.11. The first-order valence-corrected chi connectivity index (χ1v) is 7.50. The highest BCUT2D eigenvalue weighted by molar-refractivity contribution is 5.80. The molecule has 2 heterocycles. The van der Waals surface area contributed by atoms with E-state index in [2.05, 4.69) is 5.32 Å². The van der Waals surface area contributed by atoms with E-state index in [0.29, 0.717) is 11.8 Å². The zero-order valence-corrected chi connectivity index (χ0v) is 11.8. The molecule has 2 saturated heterocycles. The van der Waals surface area contributed by atoms with E-state index < -0.39 is 0 Å². The Kier molecular flexibility index (Phi) is 4.21. The first-order valence-electron chi connectivity index (χ1n) is 7.50. The lowest BCUT2D eigenvalue weighted by molar-refractivity contribution is -0.138. The van der Waals surface area contributed by atoms with Crippen molar-refractivity contribution in [3.63, 3.8) is 0 Å². The Bertz CT molecular complexity index is 437. The average Bonchev–Trinajstić information content (AvgIpc) is 2.45. The fourth-order valence-corrected chi connectivity index (χ4v) is 2.77. The lowest BCUT2D eigenvalue weighted by atomic mass is 9.95. The van der Waals surface area contributed by atoms with Gasteiger partial charge in [0, 0.05) is 26.2 Å². The number of piperidine rings is 1. The summed E-state index contributed by atoms with van der Waals surface area (Å²) in [5.74, 6) is 2.07. The fourth-order valence-electron chi connectivity index (χ4n) is 2.77. The number of rotatable bonds is 4. The van der Waals surface area contributed by atoms with Gasteiger partial charge in [-0.05, 0) is 30.9 Å². The minimum Gasteiger partial charge on any atom is -0.493 e. The number of amides is 1. The van der Waals surface area contributed by atoms with Crippen LogP contribution in [0.4, 0.5) is 0 Å². The lowest BCUT2D eigenvalue weighted by Gasteiger charge is -2.36. The van der Waals surface area contributed by atoms with Crippen LogP contribution in [0.1, 0.15) is 12.8 Å². The standard InChI is InChI=1S/C16H22N2O2/c19-16(14-10-17-11-14)18-8-6-13(7-9-18)12-20-15-4-2-1-3-5-15/h1-5,13-14,17H,6-12H2. The van der Waals surface area contributed by atoms with Gasteiger partial charge in [0.25, 0.3) is 0 Å². The van der Waals surface area contributed by atoms with Crippen molar-refractivity contribution in [1.29, 1.82) is 0 Å². The second-order valence-electron chi connectivity index (χ2n) is 5.75. The van der Waals surface area contributed by atoms with E-state index in [4.69, 9.17) is 4.74 Å². The van der Waals surface area contributed by atoms with Gasteiger partial charge in [-0.3, -0.25) is 4.79 Å². The second kappa shape index (κ2) is 6.27. The molecule has 0 unspecified atom stereocenters. The largest absolute Gasteiger partial charge is 0.493 e. The molecule has 0 atom stereocenters. The van der Waals surface area contributed by atoms with Gasteiger partial charge in [0.2, 0.25) is 5.91 Å². The molecule has 1 aromatic carbocycles. The van der Waals surface area contributed by atoms with Crippen LogP contribution in [-0.2, 0) is 4.79 Å². The summed E-state index contributed by atoms with van der Waals surface area (Å²) in [7, 11) is 0. The first kappa shape index (κ1) is 13.4. The Morgan fingerprint density at radius 3 is 2.50 bits per heavy atom. The molecule has 1 aromatic rings. The molecule has 0 saturated carbocycles. The molecule has 0 aromatic heterocycles. The highest BCUT2D eigenvalue weighted by Gasteiger charge is 2.31. The Morgan fingerprint density at radius 2 is 1.90 bits per heavy atom. The summed E-state index contributed by atoms with van der Waals surface area (Å²) in [6, 6.07) is 9.95. The molecular weight excluding hydrogens is 252 g/mol. The number of ether oxygens (including phenoxy) is 1. The van der Waals surface area contributed by atoms with Crippen molar-refractivity contribution in [3.05, 3.63) is 30.3 Å². The molecule has 4 nitrogen and oxygen atoms in total. The predicted octanol–water partition coefficient (Wildman–Crippen LogP) is 1.52. The number of hydrogen-bond donors (Lipinski definition) is 1. The molecule has 0 radical (unpaired) electrons. The van der Waals surface area contributed by atoms with Crippen LogP contribution in [-0.4, -0.2) is 43.6 Å². The third-order valence-electron chi connectivity index (χ3n) is 4.29. The number of benzene rings is 1. The van der Waals surface area contributed by atoms with Crippen LogP contribution in [0.15, 0.2) is 30.3 Å². The van der Waals surface area contributed by atoms with E-state index in [1.54, 1.807) is 0 Å². The minimum atomic E-state index is 0.229. The SMILES string of the molecule is O=C(C1CNC1)N1CCC(COc2ccccc2)CC1. The molecule has 108 valence electrons. The maximum absolute atomic E-state index is 12.1. The van der Waals surface area contributed by atoms with Gasteiger partial charge in [-0.15, -0.1) is 0 Å². The fraction of sp³-hybridized carbons (Fsp3) is 0.562. The van der Waals surface area contributed by atoms with Gasteiger partial charge in [-0.1, -0.05) is 18.2 Å². The Labute approximate surface area is 120 Å².